The fourth-order valence-corrected chi connectivity index (χ4v) is 2.84. The van der Waals surface area contributed by atoms with Crippen LogP contribution in [0.2, 0.25) is 0 Å². The Bertz CT molecular complexity index is 367. The van der Waals surface area contributed by atoms with E-state index in [2.05, 4.69) is 6.92 Å². The van der Waals surface area contributed by atoms with E-state index in [9.17, 15) is 9.59 Å². The Morgan fingerprint density at radius 2 is 1.90 bits per heavy atom. The molecule has 0 spiro atoms. The fraction of sp³-hybridized carbons (Fsp3) is 0.857. The van der Waals surface area contributed by atoms with Gasteiger partial charge in [-0.3, -0.25) is 14.5 Å². The highest BCUT2D eigenvalue weighted by molar-refractivity contribution is 5.82. The van der Waals surface area contributed by atoms with E-state index in [1.165, 1.54) is 0 Å². The number of carbonyl (C=O) groups is 2. The molecule has 2 N–H and O–H groups in total. The van der Waals surface area contributed by atoms with Gasteiger partial charge < -0.3 is 15.4 Å². The van der Waals surface area contributed by atoms with Gasteiger partial charge in [-0.15, -0.1) is 0 Å². The molecular formula is C14H25N3O3. The van der Waals surface area contributed by atoms with Gasteiger partial charge in [0.25, 0.3) is 0 Å². The molecule has 0 aliphatic carbocycles. The number of primary amides is 1. The Labute approximate surface area is 120 Å². The van der Waals surface area contributed by atoms with Crippen LogP contribution in [0.4, 0.5) is 0 Å². The van der Waals surface area contributed by atoms with Crippen molar-refractivity contribution >= 4 is 11.8 Å². The Hall–Kier alpha value is -1.14. The van der Waals surface area contributed by atoms with Gasteiger partial charge in [0, 0.05) is 26.2 Å². The van der Waals surface area contributed by atoms with Crippen LogP contribution in [-0.4, -0.2) is 66.5 Å². The number of likely N-dealkylation sites (tertiary alicyclic amines) is 1. The molecular weight excluding hydrogens is 258 g/mol. The molecule has 2 unspecified atom stereocenters. The zero-order valence-electron chi connectivity index (χ0n) is 12.4. The SMILES string of the molecule is CC1CCN(C(=O)C(C)N2CCOC(C(N)=O)C2)CC1. The van der Waals surface area contributed by atoms with Crippen molar-refractivity contribution in [1.29, 1.82) is 0 Å². The maximum atomic E-state index is 12.5. The summed E-state index contributed by atoms with van der Waals surface area (Å²) in [7, 11) is 0. The first kappa shape index (κ1) is 15.3. The zero-order valence-corrected chi connectivity index (χ0v) is 12.4. The minimum atomic E-state index is -0.597. The smallest absolute Gasteiger partial charge is 0.247 e. The summed E-state index contributed by atoms with van der Waals surface area (Å²) in [6.45, 7) is 7.34. The van der Waals surface area contributed by atoms with Gasteiger partial charge in [-0.25, -0.2) is 0 Å². The van der Waals surface area contributed by atoms with Gasteiger partial charge in [0.15, 0.2) is 0 Å². The molecule has 2 atom stereocenters. The minimum Gasteiger partial charge on any atom is -0.367 e. The lowest BCUT2D eigenvalue weighted by molar-refractivity contribution is -0.146. The lowest BCUT2D eigenvalue weighted by Gasteiger charge is -2.38. The number of hydrogen-bond donors (Lipinski definition) is 1. The quantitative estimate of drug-likeness (QED) is 0.779. The Balaban J connectivity index is 1.91. The molecule has 0 saturated carbocycles. The molecule has 0 aromatic rings. The van der Waals surface area contributed by atoms with E-state index in [0.717, 1.165) is 25.9 Å². The predicted octanol–water partition coefficient (Wildman–Crippen LogP) is -0.180. The summed E-state index contributed by atoms with van der Waals surface area (Å²) in [5, 5.41) is 0. The molecule has 0 aromatic heterocycles. The maximum Gasteiger partial charge on any atom is 0.247 e. The van der Waals surface area contributed by atoms with Crippen LogP contribution in [0.15, 0.2) is 0 Å². The van der Waals surface area contributed by atoms with E-state index in [1.807, 2.05) is 16.7 Å². The standard InChI is InChI=1S/C14H25N3O3/c1-10-3-5-16(6-4-10)14(19)11(2)17-7-8-20-12(9-17)13(15)18/h10-12H,3-9H2,1-2H3,(H2,15,18). The highest BCUT2D eigenvalue weighted by atomic mass is 16.5. The second kappa shape index (κ2) is 6.54. The first-order valence-electron chi connectivity index (χ1n) is 7.42. The second-order valence-electron chi connectivity index (χ2n) is 5.94. The number of morpholine rings is 1. The van der Waals surface area contributed by atoms with Crippen molar-refractivity contribution in [3.63, 3.8) is 0 Å². The molecule has 2 amide bonds. The van der Waals surface area contributed by atoms with Gasteiger partial charge in [0.05, 0.1) is 12.6 Å². The van der Waals surface area contributed by atoms with Gasteiger partial charge in [-0.05, 0) is 25.7 Å². The van der Waals surface area contributed by atoms with Crippen LogP contribution in [0.3, 0.4) is 0 Å². The van der Waals surface area contributed by atoms with Gasteiger partial charge in [0.1, 0.15) is 6.10 Å². The first-order chi connectivity index (χ1) is 9.49. The molecule has 6 heteroatoms. The van der Waals surface area contributed by atoms with E-state index in [4.69, 9.17) is 10.5 Å². The van der Waals surface area contributed by atoms with Crippen LogP contribution in [0.5, 0.6) is 0 Å². The first-order valence-corrected chi connectivity index (χ1v) is 7.42. The number of piperidine rings is 1. The lowest BCUT2D eigenvalue weighted by Crippen LogP contribution is -2.56. The molecule has 20 heavy (non-hydrogen) atoms. The Kier molecular flexibility index (Phi) is 4.99. The van der Waals surface area contributed by atoms with E-state index in [-0.39, 0.29) is 11.9 Å². The van der Waals surface area contributed by atoms with Crippen LogP contribution in [0.1, 0.15) is 26.7 Å². The van der Waals surface area contributed by atoms with Crippen LogP contribution in [-0.2, 0) is 14.3 Å². The van der Waals surface area contributed by atoms with Crippen LogP contribution >= 0.6 is 0 Å². The zero-order chi connectivity index (χ0) is 14.7. The number of amides is 2. The molecule has 0 radical (unpaired) electrons. The largest absolute Gasteiger partial charge is 0.367 e. The third kappa shape index (κ3) is 3.49. The normalized spacial score (nSPS) is 27.3. The number of nitrogens with two attached hydrogens (primary N) is 1. The molecule has 2 saturated heterocycles. The van der Waals surface area contributed by atoms with Crippen molar-refractivity contribution in [2.45, 2.75) is 38.8 Å². The highest BCUT2D eigenvalue weighted by Crippen LogP contribution is 2.18. The van der Waals surface area contributed by atoms with Gasteiger partial charge in [-0.1, -0.05) is 6.92 Å². The van der Waals surface area contributed by atoms with Crippen molar-refractivity contribution in [2.75, 3.05) is 32.8 Å². The molecule has 2 heterocycles. The average Bonchev–Trinajstić information content (AvgIpc) is 2.46. The summed E-state index contributed by atoms with van der Waals surface area (Å²) in [4.78, 5) is 27.7. The van der Waals surface area contributed by atoms with Crippen molar-refractivity contribution in [3.05, 3.63) is 0 Å². The summed E-state index contributed by atoms with van der Waals surface area (Å²) in [5.41, 5.74) is 5.28. The molecule has 2 rings (SSSR count). The lowest BCUT2D eigenvalue weighted by atomic mass is 9.98. The van der Waals surface area contributed by atoms with Crippen molar-refractivity contribution in [3.8, 4) is 0 Å². The number of nitrogens with zero attached hydrogens (tertiary/aromatic N) is 2. The van der Waals surface area contributed by atoms with Gasteiger partial charge in [0.2, 0.25) is 11.8 Å². The average molecular weight is 283 g/mol. The molecule has 2 aliphatic heterocycles. The molecule has 0 bridgehead atoms. The maximum absolute atomic E-state index is 12.5. The number of ether oxygens (including phenoxy) is 1. The molecule has 114 valence electrons. The fourth-order valence-electron chi connectivity index (χ4n) is 2.84. The summed E-state index contributed by atoms with van der Waals surface area (Å²) < 4.78 is 5.32. The number of carbonyl (C=O) groups excluding carboxylic acids is 2. The monoisotopic (exact) mass is 283 g/mol. The molecule has 2 fully saturated rings. The summed E-state index contributed by atoms with van der Waals surface area (Å²) in [6, 6.07) is -0.214. The highest BCUT2D eigenvalue weighted by Gasteiger charge is 2.33. The van der Waals surface area contributed by atoms with Crippen LogP contribution < -0.4 is 5.73 Å². The second-order valence-corrected chi connectivity index (χ2v) is 5.94. The van der Waals surface area contributed by atoms with E-state index >= 15 is 0 Å². The summed E-state index contributed by atoms with van der Waals surface area (Å²) in [6.07, 6.45) is 1.55. The van der Waals surface area contributed by atoms with Gasteiger partial charge >= 0.3 is 0 Å². The van der Waals surface area contributed by atoms with Crippen molar-refractivity contribution in [2.24, 2.45) is 11.7 Å². The molecule has 6 nitrogen and oxygen atoms in total. The van der Waals surface area contributed by atoms with E-state index in [1.54, 1.807) is 0 Å². The Morgan fingerprint density at radius 3 is 2.50 bits per heavy atom. The number of rotatable bonds is 3. The topological polar surface area (TPSA) is 75.9 Å². The van der Waals surface area contributed by atoms with Crippen molar-refractivity contribution in [1.82, 2.24) is 9.80 Å². The van der Waals surface area contributed by atoms with E-state index in [0.29, 0.717) is 25.6 Å². The third-order valence-electron chi connectivity index (χ3n) is 4.42. The molecule has 2 aliphatic rings. The van der Waals surface area contributed by atoms with Gasteiger partial charge in [-0.2, -0.15) is 0 Å². The summed E-state index contributed by atoms with van der Waals surface area (Å²) >= 11 is 0. The molecule has 0 aromatic carbocycles. The van der Waals surface area contributed by atoms with Crippen molar-refractivity contribution < 1.29 is 14.3 Å². The summed E-state index contributed by atoms with van der Waals surface area (Å²) in [5.74, 6) is 0.403. The number of hydrogen-bond acceptors (Lipinski definition) is 4. The van der Waals surface area contributed by atoms with Crippen LogP contribution in [0.25, 0.3) is 0 Å². The van der Waals surface area contributed by atoms with E-state index < -0.39 is 12.0 Å². The Morgan fingerprint density at radius 1 is 1.25 bits per heavy atom. The van der Waals surface area contributed by atoms with Crippen LogP contribution in [0, 0.1) is 5.92 Å². The predicted molar refractivity (Wildman–Crippen MR) is 74.9 cm³/mol. The third-order valence-corrected chi connectivity index (χ3v) is 4.42. The minimum absolute atomic E-state index is 0.155.